The highest BCUT2D eigenvalue weighted by Gasteiger charge is 2.29. The maximum Gasteiger partial charge on any atom is 0.146 e. The zero-order valence-corrected chi connectivity index (χ0v) is 13.9. The molecule has 2 aromatic rings. The van der Waals surface area contributed by atoms with Crippen molar-refractivity contribution in [1.29, 1.82) is 5.26 Å². The number of pyridine rings is 1. The number of nitriles is 1. The van der Waals surface area contributed by atoms with Crippen LogP contribution in [0.4, 0.5) is 5.82 Å². The van der Waals surface area contributed by atoms with Crippen LogP contribution in [0, 0.1) is 11.3 Å². The number of anilines is 1. The van der Waals surface area contributed by atoms with Crippen LogP contribution in [0.5, 0.6) is 0 Å². The molecule has 0 radical (unpaired) electrons. The van der Waals surface area contributed by atoms with Gasteiger partial charge in [-0.25, -0.2) is 4.98 Å². The fourth-order valence-corrected chi connectivity index (χ4v) is 3.18. The van der Waals surface area contributed by atoms with E-state index in [9.17, 15) is 0 Å². The van der Waals surface area contributed by atoms with E-state index >= 15 is 0 Å². The molecule has 2 fully saturated rings. The van der Waals surface area contributed by atoms with Gasteiger partial charge in [0.2, 0.25) is 0 Å². The number of hydrogen-bond donors (Lipinski definition) is 0. The maximum atomic E-state index is 8.85. The molecule has 1 saturated carbocycles. The second kappa shape index (κ2) is 6.21. The van der Waals surface area contributed by atoms with E-state index in [4.69, 9.17) is 5.26 Å². The minimum Gasteiger partial charge on any atom is -0.354 e. The quantitative estimate of drug-likeness (QED) is 0.844. The van der Waals surface area contributed by atoms with Crippen molar-refractivity contribution < 1.29 is 0 Å². The number of nitrogens with zero attached hydrogens (tertiary/aromatic N) is 7. The first kappa shape index (κ1) is 15.1. The van der Waals surface area contributed by atoms with Crippen LogP contribution in [0.1, 0.15) is 36.0 Å². The number of hydrogen-bond acceptors (Lipinski definition) is 6. The average Bonchev–Trinajstić information content (AvgIpc) is 3.41. The van der Waals surface area contributed by atoms with Gasteiger partial charge in [-0.1, -0.05) is 0 Å². The first-order valence-corrected chi connectivity index (χ1v) is 8.46. The molecule has 1 saturated heterocycles. The van der Waals surface area contributed by atoms with E-state index in [-0.39, 0.29) is 0 Å². The second-order valence-electron chi connectivity index (χ2n) is 6.59. The lowest BCUT2D eigenvalue weighted by Gasteiger charge is -2.35. The van der Waals surface area contributed by atoms with E-state index in [2.05, 4.69) is 42.7 Å². The van der Waals surface area contributed by atoms with Crippen molar-refractivity contribution in [3.8, 4) is 6.07 Å². The molecule has 1 aliphatic heterocycles. The molecule has 2 aliphatic rings. The Balaban J connectivity index is 1.35. The third-order valence-corrected chi connectivity index (χ3v) is 4.88. The Morgan fingerprint density at radius 1 is 1.17 bits per heavy atom. The van der Waals surface area contributed by atoms with Gasteiger partial charge in [-0.05, 0) is 25.0 Å². The Labute approximate surface area is 141 Å². The molecular formula is C17H21N7. The fraction of sp³-hybridized carbons (Fsp3) is 0.529. The van der Waals surface area contributed by atoms with Crippen LogP contribution < -0.4 is 4.90 Å². The van der Waals surface area contributed by atoms with Gasteiger partial charge in [0.1, 0.15) is 23.5 Å². The Kier molecular flexibility index (Phi) is 3.90. The zero-order chi connectivity index (χ0) is 16.5. The van der Waals surface area contributed by atoms with Gasteiger partial charge in [0.25, 0.3) is 0 Å². The van der Waals surface area contributed by atoms with Crippen LogP contribution in [0.3, 0.4) is 0 Å². The standard InChI is InChI=1S/C17H21N7/c1-22-16(20-21-17(22)14-3-4-14)12-23-6-8-24(9-7-23)15-5-2-13(10-18)11-19-15/h2,5,11,14H,3-4,6-9,12H2,1H3. The van der Waals surface area contributed by atoms with E-state index in [1.807, 2.05) is 12.1 Å². The van der Waals surface area contributed by atoms with Crippen molar-refractivity contribution in [3.63, 3.8) is 0 Å². The van der Waals surface area contributed by atoms with Crippen LogP contribution in [-0.4, -0.2) is 50.8 Å². The minimum absolute atomic E-state index is 0.603. The van der Waals surface area contributed by atoms with Gasteiger partial charge in [-0.15, -0.1) is 10.2 Å². The molecule has 0 bridgehead atoms. The van der Waals surface area contributed by atoms with Crippen molar-refractivity contribution in [2.75, 3.05) is 31.1 Å². The minimum atomic E-state index is 0.603. The van der Waals surface area contributed by atoms with Crippen molar-refractivity contribution in [2.45, 2.75) is 25.3 Å². The van der Waals surface area contributed by atoms with E-state index in [1.165, 1.54) is 12.8 Å². The normalized spacial score (nSPS) is 18.6. The third-order valence-electron chi connectivity index (χ3n) is 4.88. The molecule has 0 spiro atoms. The Bertz CT molecular complexity index is 746. The second-order valence-corrected chi connectivity index (χ2v) is 6.59. The molecule has 4 rings (SSSR count). The van der Waals surface area contributed by atoms with Crippen molar-refractivity contribution in [1.82, 2.24) is 24.6 Å². The van der Waals surface area contributed by atoms with Crippen LogP contribution in [-0.2, 0) is 13.6 Å². The first-order valence-electron chi connectivity index (χ1n) is 8.46. The molecule has 0 amide bonds. The third kappa shape index (κ3) is 2.97. The highest BCUT2D eigenvalue weighted by Crippen LogP contribution is 2.38. The molecule has 24 heavy (non-hydrogen) atoms. The largest absolute Gasteiger partial charge is 0.354 e. The molecule has 1 aliphatic carbocycles. The average molecular weight is 323 g/mol. The lowest BCUT2D eigenvalue weighted by Crippen LogP contribution is -2.46. The van der Waals surface area contributed by atoms with Gasteiger partial charge in [-0.3, -0.25) is 4.90 Å². The number of piperazine rings is 1. The predicted molar refractivity (Wildman–Crippen MR) is 89.4 cm³/mol. The maximum absolute atomic E-state index is 8.85. The topological polar surface area (TPSA) is 73.9 Å². The molecule has 3 heterocycles. The van der Waals surface area contributed by atoms with Gasteiger partial charge in [-0.2, -0.15) is 5.26 Å². The predicted octanol–water partition coefficient (Wildman–Crippen LogP) is 1.28. The molecule has 0 N–H and O–H groups in total. The smallest absolute Gasteiger partial charge is 0.146 e. The van der Waals surface area contributed by atoms with Gasteiger partial charge < -0.3 is 9.47 Å². The van der Waals surface area contributed by atoms with E-state index < -0.39 is 0 Å². The fourth-order valence-electron chi connectivity index (χ4n) is 3.18. The summed E-state index contributed by atoms with van der Waals surface area (Å²) in [7, 11) is 2.08. The van der Waals surface area contributed by atoms with E-state index in [0.29, 0.717) is 11.5 Å². The zero-order valence-electron chi connectivity index (χ0n) is 13.9. The summed E-state index contributed by atoms with van der Waals surface area (Å²) in [6.07, 6.45) is 4.14. The summed E-state index contributed by atoms with van der Waals surface area (Å²) >= 11 is 0. The summed E-state index contributed by atoms with van der Waals surface area (Å²) in [6.45, 7) is 4.68. The van der Waals surface area contributed by atoms with Crippen LogP contribution in [0.25, 0.3) is 0 Å². The van der Waals surface area contributed by atoms with Gasteiger partial charge >= 0.3 is 0 Å². The molecule has 0 atom stereocenters. The van der Waals surface area contributed by atoms with Crippen LogP contribution in [0.2, 0.25) is 0 Å². The Morgan fingerprint density at radius 2 is 1.96 bits per heavy atom. The molecule has 0 unspecified atom stereocenters. The van der Waals surface area contributed by atoms with Crippen molar-refractivity contribution in [3.05, 3.63) is 35.5 Å². The lowest BCUT2D eigenvalue weighted by molar-refractivity contribution is 0.241. The monoisotopic (exact) mass is 323 g/mol. The van der Waals surface area contributed by atoms with Crippen molar-refractivity contribution >= 4 is 5.82 Å². The summed E-state index contributed by atoms with van der Waals surface area (Å²) in [5, 5.41) is 17.6. The number of aromatic nitrogens is 4. The number of rotatable bonds is 4. The Hall–Kier alpha value is -2.46. The molecule has 2 aromatic heterocycles. The Morgan fingerprint density at radius 3 is 2.58 bits per heavy atom. The van der Waals surface area contributed by atoms with E-state index in [0.717, 1.165) is 50.2 Å². The van der Waals surface area contributed by atoms with E-state index in [1.54, 1.807) is 6.20 Å². The van der Waals surface area contributed by atoms with Crippen LogP contribution in [0.15, 0.2) is 18.3 Å². The van der Waals surface area contributed by atoms with Crippen molar-refractivity contribution in [2.24, 2.45) is 7.05 Å². The highest BCUT2D eigenvalue weighted by molar-refractivity contribution is 5.42. The first-order chi connectivity index (χ1) is 11.7. The summed E-state index contributed by atoms with van der Waals surface area (Å²) in [4.78, 5) is 9.07. The van der Waals surface area contributed by atoms with Gasteiger partial charge in [0.05, 0.1) is 12.1 Å². The van der Waals surface area contributed by atoms with Crippen LogP contribution >= 0.6 is 0 Å². The molecule has 7 heteroatoms. The lowest BCUT2D eigenvalue weighted by atomic mass is 10.2. The summed E-state index contributed by atoms with van der Waals surface area (Å²) in [5.41, 5.74) is 0.603. The molecule has 0 aromatic carbocycles. The van der Waals surface area contributed by atoms with Gasteiger partial charge in [0, 0.05) is 45.3 Å². The summed E-state index contributed by atoms with van der Waals surface area (Å²) in [6, 6.07) is 5.86. The van der Waals surface area contributed by atoms with Gasteiger partial charge in [0.15, 0.2) is 0 Å². The SMILES string of the molecule is Cn1c(CN2CCN(c3ccc(C#N)cn3)CC2)nnc1C1CC1. The summed E-state index contributed by atoms with van der Waals surface area (Å²) < 4.78 is 2.17. The molecule has 7 nitrogen and oxygen atoms in total. The summed E-state index contributed by atoms with van der Waals surface area (Å²) in [5.74, 6) is 3.78. The highest BCUT2D eigenvalue weighted by atomic mass is 15.3. The molecular weight excluding hydrogens is 302 g/mol. The molecule has 124 valence electrons.